The minimum absolute atomic E-state index is 0.0925. The Hall–Kier alpha value is -1.52. The van der Waals surface area contributed by atoms with Crippen molar-refractivity contribution in [1.82, 2.24) is 4.98 Å². The molecular weight excluding hydrogens is 220 g/mol. The molecule has 0 aliphatic rings. The predicted molar refractivity (Wildman–Crippen MR) is 64.6 cm³/mol. The number of ketones is 1. The van der Waals surface area contributed by atoms with Crippen LogP contribution in [0.2, 0.25) is 0 Å². The topological polar surface area (TPSA) is 56.0 Å². The quantitative estimate of drug-likeness (QED) is 0.819. The summed E-state index contributed by atoms with van der Waals surface area (Å²) >= 11 is 1.40. The predicted octanol–water partition coefficient (Wildman–Crippen LogP) is 1.90. The van der Waals surface area contributed by atoms with E-state index in [1.807, 2.05) is 30.3 Å². The number of nitrogens with two attached hydrogens (primary N) is 1. The Morgan fingerprint density at radius 3 is 2.75 bits per heavy atom. The molecule has 3 nitrogen and oxygen atoms in total. The van der Waals surface area contributed by atoms with Gasteiger partial charge in [-0.05, 0) is 12.0 Å². The van der Waals surface area contributed by atoms with Crippen LogP contribution in [0.1, 0.15) is 16.1 Å². The Labute approximate surface area is 97.9 Å². The molecule has 0 fully saturated rings. The van der Waals surface area contributed by atoms with Gasteiger partial charge < -0.3 is 5.73 Å². The number of hydrogen-bond donors (Lipinski definition) is 1. The Morgan fingerprint density at radius 2 is 2.12 bits per heavy atom. The van der Waals surface area contributed by atoms with Crippen LogP contribution in [0.5, 0.6) is 0 Å². The third-order valence-corrected chi connectivity index (χ3v) is 2.91. The van der Waals surface area contributed by atoms with Crippen molar-refractivity contribution in [2.45, 2.75) is 12.5 Å². The van der Waals surface area contributed by atoms with Crippen molar-refractivity contribution < 1.29 is 4.79 Å². The average Bonchev–Trinajstić information content (AvgIpc) is 2.83. The highest BCUT2D eigenvalue weighted by Gasteiger charge is 2.17. The summed E-state index contributed by atoms with van der Waals surface area (Å²) in [6.45, 7) is 0. The first-order valence-corrected chi connectivity index (χ1v) is 5.93. The van der Waals surface area contributed by atoms with E-state index in [1.165, 1.54) is 11.3 Å². The molecule has 0 aliphatic heterocycles. The summed E-state index contributed by atoms with van der Waals surface area (Å²) in [7, 11) is 0. The van der Waals surface area contributed by atoms with Gasteiger partial charge in [0, 0.05) is 5.38 Å². The lowest BCUT2D eigenvalue weighted by atomic mass is 10.0. The molecule has 0 amide bonds. The molecule has 0 unspecified atom stereocenters. The van der Waals surface area contributed by atoms with E-state index in [4.69, 9.17) is 5.73 Å². The smallest absolute Gasteiger partial charge is 0.198 e. The zero-order valence-electron chi connectivity index (χ0n) is 8.67. The van der Waals surface area contributed by atoms with Crippen molar-refractivity contribution in [2.75, 3.05) is 0 Å². The van der Waals surface area contributed by atoms with Crippen LogP contribution in [-0.2, 0) is 6.42 Å². The molecule has 0 saturated heterocycles. The minimum Gasteiger partial charge on any atom is -0.321 e. The summed E-state index contributed by atoms with van der Waals surface area (Å²) in [5.41, 5.74) is 9.03. The molecule has 4 heteroatoms. The van der Waals surface area contributed by atoms with Crippen LogP contribution in [0.15, 0.2) is 41.2 Å². The third-order valence-electron chi connectivity index (χ3n) is 2.32. The lowest BCUT2D eigenvalue weighted by molar-refractivity contribution is 0.0956. The number of thiazole rings is 1. The fourth-order valence-corrected chi connectivity index (χ4v) is 2.03. The molecule has 0 aliphatic carbocycles. The SMILES string of the molecule is N[C@@H](Cc1ccccc1)C(=O)c1cscn1. The lowest BCUT2D eigenvalue weighted by Gasteiger charge is -2.08. The molecule has 2 N–H and O–H groups in total. The second-order valence-corrected chi connectivity index (χ2v) is 4.25. The van der Waals surface area contributed by atoms with Crippen LogP contribution in [0.3, 0.4) is 0 Å². The van der Waals surface area contributed by atoms with Gasteiger partial charge in [-0.3, -0.25) is 4.79 Å². The number of rotatable bonds is 4. The number of aromatic nitrogens is 1. The molecular formula is C12H12N2OS. The van der Waals surface area contributed by atoms with Crippen LogP contribution in [-0.4, -0.2) is 16.8 Å². The highest BCUT2D eigenvalue weighted by atomic mass is 32.1. The maximum Gasteiger partial charge on any atom is 0.198 e. The second kappa shape index (κ2) is 5.01. The maximum absolute atomic E-state index is 11.8. The molecule has 0 radical (unpaired) electrons. The fourth-order valence-electron chi connectivity index (χ4n) is 1.48. The molecule has 1 atom stereocenters. The normalized spacial score (nSPS) is 12.3. The number of carbonyl (C=O) groups is 1. The van der Waals surface area contributed by atoms with Crippen molar-refractivity contribution in [3.05, 3.63) is 52.5 Å². The monoisotopic (exact) mass is 232 g/mol. The van der Waals surface area contributed by atoms with Gasteiger partial charge in [-0.2, -0.15) is 0 Å². The number of hydrogen-bond acceptors (Lipinski definition) is 4. The van der Waals surface area contributed by atoms with Gasteiger partial charge in [0.05, 0.1) is 11.6 Å². The van der Waals surface area contributed by atoms with E-state index < -0.39 is 6.04 Å². The van der Waals surface area contributed by atoms with Crippen LogP contribution < -0.4 is 5.73 Å². The number of nitrogens with zero attached hydrogens (tertiary/aromatic N) is 1. The Balaban J connectivity index is 2.04. The molecule has 82 valence electrons. The maximum atomic E-state index is 11.8. The zero-order chi connectivity index (χ0) is 11.4. The van der Waals surface area contributed by atoms with Crippen molar-refractivity contribution in [3.63, 3.8) is 0 Å². The molecule has 0 bridgehead atoms. The van der Waals surface area contributed by atoms with Gasteiger partial charge >= 0.3 is 0 Å². The van der Waals surface area contributed by atoms with E-state index in [-0.39, 0.29) is 5.78 Å². The van der Waals surface area contributed by atoms with E-state index in [0.717, 1.165) is 5.56 Å². The van der Waals surface area contributed by atoms with E-state index in [1.54, 1.807) is 10.9 Å². The number of Topliss-reactive ketones (excluding diaryl/α,β-unsaturated/α-hetero) is 1. The Morgan fingerprint density at radius 1 is 1.38 bits per heavy atom. The first kappa shape index (κ1) is 11.0. The molecule has 0 spiro atoms. The first-order chi connectivity index (χ1) is 7.77. The molecule has 0 saturated carbocycles. The minimum atomic E-state index is -0.510. The van der Waals surface area contributed by atoms with E-state index in [2.05, 4.69) is 4.98 Å². The van der Waals surface area contributed by atoms with Gasteiger partial charge in [-0.15, -0.1) is 11.3 Å². The number of carbonyl (C=O) groups excluding carboxylic acids is 1. The standard InChI is InChI=1S/C12H12N2OS/c13-10(6-9-4-2-1-3-5-9)12(15)11-7-16-8-14-11/h1-5,7-8,10H,6,13H2/t10-/m0/s1. The molecule has 1 heterocycles. The van der Waals surface area contributed by atoms with E-state index in [0.29, 0.717) is 12.1 Å². The van der Waals surface area contributed by atoms with Gasteiger partial charge in [0.2, 0.25) is 0 Å². The van der Waals surface area contributed by atoms with Crippen LogP contribution >= 0.6 is 11.3 Å². The summed E-state index contributed by atoms with van der Waals surface area (Å²) in [6.07, 6.45) is 0.553. The van der Waals surface area contributed by atoms with Crippen LogP contribution in [0.25, 0.3) is 0 Å². The van der Waals surface area contributed by atoms with Crippen molar-refractivity contribution in [3.8, 4) is 0 Å². The Kier molecular flexibility index (Phi) is 3.44. The second-order valence-electron chi connectivity index (χ2n) is 3.53. The summed E-state index contributed by atoms with van der Waals surface area (Å²) in [6, 6.07) is 9.24. The molecule has 2 aromatic rings. The van der Waals surface area contributed by atoms with Crippen molar-refractivity contribution in [2.24, 2.45) is 5.73 Å². The summed E-state index contributed by atoms with van der Waals surface area (Å²) in [5.74, 6) is -0.0925. The molecule has 2 rings (SSSR count). The van der Waals surface area contributed by atoms with Gasteiger partial charge in [-0.1, -0.05) is 30.3 Å². The van der Waals surface area contributed by atoms with Crippen molar-refractivity contribution >= 4 is 17.1 Å². The molecule has 1 aromatic heterocycles. The summed E-state index contributed by atoms with van der Waals surface area (Å²) in [5, 5.41) is 1.73. The largest absolute Gasteiger partial charge is 0.321 e. The van der Waals surface area contributed by atoms with E-state index in [9.17, 15) is 4.79 Å². The van der Waals surface area contributed by atoms with Gasteiger partial charge in [-0.25, -0.2) is 4.98 Å². The zero-order valence-corrected chi connectivity index (χ0v) is 9.48. The van der Waals surface area contributed by atoms with Gasteiger partial charge in [0.15, 0.2) is 5.78 Å². The molecule has 1 aromatic carbocycles. The summed E-state index contributed by atoms with van der Waals surface area (Å²) in [4.78, 5) is 15.8. The van der Waals surface area contributed by atoms with Crippen LogP contribution in [0, 0.1) is 0 Å². The summed E-state index contributed by atoms with van der Waals surface area (Å²) < 4.78 is 0. The molecule has 16 heavy (non-hydrogen) atoms. The third kappa shape index (κ3) is 2.53. The first-order valence-electron chi connectivity index (χ1n) is 4.99. The van der Waals surface area contributed by atoms with Gasteiger partial charge in [0.1, 0.15) is 5.69 Å². The van der Waals surface area contributed by atoms with Gasteiger partial charge in [0.25, 0.3) is 0 Å². The fraction of sp³-hybridized carbons (Fsp3) is 0.167. The van der Waals surface area contributed by atoms with Crippen LogP contribution in [0.4, 0.5) is 0 Å². The average molecular weight is 232 g/mol. The highest BCUT2D eigenvalue weighted by Crippen LogP contribution is 2.08. The lowest BCUT2D eigenvalue weighted by Crippen LogP contribution is -2.32. The van der Waals surface area contributed by atoms with Crippen molar-refractivity contribution in [1.29, 1.82) is 0 Å². The highest BCUT2D eigenvalue weighted by molar-refractivity contribution is 7.07. The Bertz CT molecular complexity index is 453. The number of benzene rings is 1. The van der Waals surface area contributed by atoms with E-state index >= 15 is 0 Å².